The zero-order valence-corrected chi connectivity index (χ0v) is 28.3. The topological polar surface area (TPSA) is 138 Å². The maximum absolute atomic E-state index is 12.9. The van der Waals surface area contributed by atoms with Crippen LogP contribution in [0.25, 0.3) is 10.7 Å². The highest BCUT2D eigenvalue weighted by atomic mass is 32.1. The van der Waals surface area contributed by atoms with Gasteiger partial charge in [-0.15, -0.1) is 16.4 Å². The van der Waals surface area contributed by atoms with Crippen LogP contribution in [0.15, 0.2) is 17.8 Å². The lowest BCUT2D eigenvalue weighted by Gasteiger charge is -2.30. The first kappa shape index (κ1) is 37.3. The molecule has 248 valence electrons. The second-order valence-corrected chi connectivity index (χ2v) is 11.7. The summed E-state index contributed by atoms with van der Waals surface area (Å²) in [7, 11) is 1.64. The van der Waals surface area contributed by atoms with Crippen molar-refractivity contribution in [1.82, 2.24) is 30.2 Å². The number of amides is 1. The van der Waals surface area contributed by atoms with Crippen LogP contribution in [0, 0.1) is 5.92 Å². The Morgan fingerprint density at radius 3 is 2.52 bits per heavy atom. The van der Waals surface area contributed by atoms with E-state index < -0.39 is 24.1 Å². The molecule has 0 radical (unpaired) electrons. The van der Waals surface area contributed by atoms with E-state index in [1.165, 1.54) is 17.8 Å². The molecule has 2 aromatic rings. The Labute approximate surface area is 266 Å². The molecule has 0 saturated carbocycles. The van der Waals surface area contributed by atoms with E-state index in [1.54, 1.807) is 29.8 Å². The molecule has 0 spiro atoms. The Morgan fingerprint density at radius 2 is 1.84 bits per heavy atom. The van der Waals surface area contributed by atoms with Gasteiger partial charge in [-0.25, -0.2) is 9.78 Å². The maximum atomic E-state index is 12.9. The van der Waals surface area contributed by atoms with Gasteiger partial charge in [-0.1, -0.05) is 39.3 Å². The molecule has 13 heteroatoms. The number of carbonyl (C=O) groups excluding carboxylic acids is 3. The molecule has 5 atom stereocenters. The first-order valence-corrected chi connectivity index (χ1v) is 16.9. The van der Waals surface area contributed by atoms with Gasteiger partial charge in [0.05, 0.1) is 18.3 Å². The fourth-order valence-electron chi connectivity index (χ4n) is 5.07. The quantitative estimate of drug-likeness (QED) is 0.247. The Bertz CT molecular complexity index is 1110. The lowest BCUT2D eigenvalue weighted by molar-refractivity contribution is -0.154. The van der Waals surface area contributed by atoms with Crippen LogP contribution >= 0.6 is 11.3 Å². The highest BCUT2D eigenvalue weighted by molar-refractivity contribution is 7.13. The largest absolute Gasteiger partial charge is 0.461 e. The molecule has 4 heterocycles. The first-order valence-electron chi connectivity index (χ1n) is 16.0. The van der Waals surface area contributed by atoms with E-state index in [0.29, 0.717) is 19.5 Å². The molecule has 0 bridgehead atoms. The molecule has 4 rings (SSSR count). The molecule has 2 aromatic heterocycles. The number of unbranched alkanes of at least 4 members (excludes halogenated alkanes) is 1. The fourth-order valence-corrected chi connectivity index (χ4v) is 5.65. The average molecular weight is 637 g/mol. The molecule has 4 unspecified atom stereocenters. The number of hydrogen-bond donors (Lipinski definition) is 1. The summed E-state index contributed by atoms with van der Waals surface area (Å²) in [5.41, 5.74) is 0.744. The van der Waals surface area contributed by atoms with Gasteiger partial charge in [0.1, 0.15) is 29.0 Å². The van der Waals surface area contributed by atoms with E-state index >= 15 is 0 Å². The van der Waals surface area contributed by atoms with Gasteiger partial charge >= 0.3 is 12.1 Å². The van der Waals surface area contributed by atoms with Gasteiger partial charge in [0.15, 0.2) is 6.10 Å². The Kier molecular flexibility index (Phi) is 17.1. The predicted octanol–water partition coefficient (Wildman–Crippen LogP) is 5.13. The molecule has 2 aliphatic rings. The summed E-state index contributed by atoms with van der Waals surface area (Å²) in [6.45, 7) is 13.6. The average Bonchev–Trinajstić information content (AvgIpc) is 3.79. The summed E-state index contributed by atoms with van der Waals surface area (Å²) in [6, 6.07) is -0.413. The zero-order valence-electron chi connectivity index (χ0n) is 27.5. The van der Waals surface area contributed by atoms with Gasteiger partial charge < -0.3 is 19.5 Å². The normalized spacial score (nSPS) is 24.8. The van der Waals surface area contributed by atoms with Gasteiger partial charge in [-0.2, -0.15) is 0 Å². The van der Waals surface area contributed by atoms with Crippen LogP contribution in [-0.4, -0.2) is 93.8 Å². The monoisotopic (exact) mass is 636 g/mol. The van der Waals surface area contributed by atoms with E-state index in [2.05, 4.69) is 34.5 Å². The van der Waals surface area contributed by atoms with Gasteiger partial charge in [-0.3, -0.25) is 19.2 Å². The number of Topliss-reactive ketones (excluding diaryl/α,β-unsaturated/α-hetero) is 1. The van der Waals surface area contributed by atoms with Gasteiger partial charge in [0, 0.05) is 44.2 Å². The van der Waals surface area contributed by atoms with Gasteiger partial charge in [0.25, 0.3) is 0 Å². The number of esters is 1. The Balaban J connectivity index is 0.00000127. The first-order chi connectivity index (χ1) is 21.3. The number of thiazole rings is 1. The van der Waals surface area contributed by atoms with Crippen molar-refractivity contribution in [2.75, 3.05) is 26.8 Å². The fraction of sp³-hybridized carbons (Fsp3) is 0.742. The highest BCUT2D eigenvalue weighted by Crippen LogP contribution is 2.25. The van der Waals surface area contributed by atoms with Crippen molar-refractivity contribution < 1.29 is 28.6 Å². The minimum atomic E-state index is -0.872. The third-order valence-corrected chi connectivity index (χ3v) is 8.20. The number of ketones is 1. The number of fused-ring (bicyclic) bond motifs is 1. The number of nitrogens with zero attached hydrogens (tertiary/aromatic N) is 5. The molecular formula is C31H52N6O6S. The van der Waals surface area contributed by atoms with E-state index in [1.807, 2.05) is 32.3 Å². The maximum Gasteiger partial charge on any atom is 0.410 e. The molecule has 2 fully saturated rings. The summed E-state index contributed by atoms with van der Waals surface area (Å²) in [4.78, 5) is 44.0. The number of aryl methyl sites for hydroxylation is 1. The third-order valence-electron chi connectivity index (χ3n) is 7.41. The number of methoxy groups -OCH3 is 1. The summed E-state index contributed by atoms with van der Waals surface area (Å²) >= 11 is 1.51. The second-order valence-electron chi connectivity index (χ2n) is 10.8. The molecule has 0 aromatic carbocycles. The summed E-state index contributed by atoms with van der Waals surface area (Å²) in [5, 5.41) is 14.6. The van der Waals surface area contributed by atoms with E-state index in [-0.39, 0.29) is 37.0 Å². The van der Waals surface area contributed by atoms with E-state index in [0.717, 1.165) is 42.9 Å². The van der Waals surface area contributed by atoms with Crippen molar-refractivity contribution in [3.63, 3.8) is 0 Å². The number of cyclic esters (lactones) is 1. The Hall–Kier alpha value is -2.90. The van der Waals surface area contributed by atoms with Crippen molar-refractivity contribution in [1.29, 1.82) is 0 Å². The van der Waals surface area contributed by atoms with Crippen molar-refractivity contribution in [3.8, 4) is 10.7 Å². The number of nitrogens with one attached hydrogen (secondary N) is 1. The lowest BCUT2D eigenvalue weighted by atomic mass is 9.99. The lowest BCUT2D eigenvalue weighted by Crippen LogP contribution is -2.52. The van der Waals surface area contributed by atoms with Crippen LogP contribution < -0.4 is 5.32 Å². The molecule has 12 nitrogen and oxygen atoms in total. The summed E-state index contributed by atoms with van der Waals surface area (Å²) in [6.07, 6.45) is 7.76. The molecule has 0 aliphatic carbocycles. The molecule has 1 N–H and O–H groups in total. The third kappa shape index (κ3) is 11.2. The second kappa shape index (κ2) is 20.2. The molecular weight excluding hydrogens is 584 g/mol. The summed E-state index contributed by atoms with van der Waals surface area (Å²) in [5.74, 6) is -1.64. The van der Waals surface area contributed by atoms with Gasteiger partial charge in [0.2, 0.25) is 0 Å². The predicted molar refractivity (Wildman–Crippen MR) is 170 cm³/mol. The summed E-state index contributed by atoms with van der Waals surface area (Å²) < 4.78 is 18.5. The van der Waals surface area contributed by atoms with Crippen molar-refractivity contribution in [2.24, 2.45) is 5.92 Å². The van der Waals surface area contributed by atoms with E-state index in [4.69, 9.17) is 14.2 Å². The van der Waals surface area contributed by atoms with Gasteiger partial charge in [-0.05, 0) is 52.5 Å². The minimum Gasteiger partial charge on any atom is -0.461 e. The van der Waals surface area contributed by atoms with Crippen LogP contribution in [0.5, 0.6) is 0 Å². The molecule has 44 heavy (non-hydrogen) atoms. The van der Waals surface area contributed by atoms with E-state index in [9.17, 15) is 14.4 Å². The molecule has 2 aliphatic heterocycles. The Morgan fingerprint density at radius 1 is 1.11 bits per heavy atom. The number of ether oxygens (including phenoxy) is 3. The standard InChI is InChI=1S/C26H38N6O6S.C3H8.C2H6/c1-17-21(33)9-8-19(36-3)7-6-10-27-18(2)23-22(16-37-25(17)34)38-26(35)32(23)13-5-4-12-31-15-20(29-30-31)24-28-11-14-39-24;1-3-2;1-2/h11,14-15,17-19,22-23,27H,4-10,12-13,16H2,1-3H3;3H2,1-2H3;1-2H3/t17?,18-,19?,22?,23?;;/m0../s1. The number of aromatic nitrogens is 4. The smallest absolute Gasteiger partial charge is 0.410 e. The SMILES string of the molecule is CC.CCC.COC1CCCN[C@@H](C)C2C(COC(=O)C(C)C(=O)CC1)OC(=O)N2CCCCn1cc(-c2nccs2)nn1. The number of hydrogen-bond acceptors (Lipinski definition) is 11. The van der Waals surface area contributed by atoms with Crippen molar-refractivity contribution in [2.45, 2.75) is 117 Å². The molecule has 2 saturated heterocycles. The number of rotatable bonds is 7. The van der Waals surface area contributed by atoms with Crippen LogP contribution in [0.3, 0.4) is 0 Å². The van der Waals surface area contributed by atoms with Crippen LogP contribution in [0.2, 0.25) is 0 Å². The van der Waals surface area contributed by atoms with Crippen LogP contribution in [-0.2, 0) is 30.3 Å². The highest BCUT2D eigenvalue weighted by Gasteiger charge is 2.45. The number of carbonyl (C=O) groups is 3. The molecule has 1 amide bonds. The minimum absolute atomic E-state index is 0.0531. The van der Waals surface area contributed by atoms with Crippen LogP contribution in [0.1, 0.15) is 86.5 Å². The zero-order chi connectivity index (χ0) is 32.5. The van der Waals surface area contributed by atoms with Crippen molar-refractivity contribution >= 4 is 29.2 Å². The van der Waals surface area contributed by atoms with Crippen molar-refractivity contribution in [3.05, 3.63) is 17.8 Å². The van der Waals surface area contributed by atoms with Crippen LogP contribution in [0.4, 0.5) is 4.79 Å².